The van der Waals surface area contributed by atoms with E-state index in [4.69, 9.17) is 9.26 Å². The molecule has 1 saturated heterocycles. The van der Waals surface area contributed by atoms with Gasteiger partial charge in [-0.2, -0.15) is 4.98 Å². The number of hydrogen-bond donors (Lipinski definition) is 1. The summed E-state index contributed by atoms with van der Waals surface area (Å²) in [5.41, 5.74) is 0. The molecule has 1 aliphatic rings. The van der Waals surface area contributed by atoms with E-state index in [0.29, 0.717) is 17.6 Å². The molecule has 116 valence electrons. The summed E-state index contributed by atoms with van der Waals surface area (Å²) in [7, 11) is 0. The van der Waals surface area contributed by atoms with Crippen molar-refractivity contribution in [3.8, 4) is 0 Å². The fourth-order valence-electron chi connectivity index (χ4n) is 2.23. The fraction of sp³-hybridized carbons (Fsp3) is 0.400. The van der Waals surface area contributed by atoms with E-state index in [2.05, 4.69) is 15.5 Å². The van der Waals surface area contributed by atoms with Crippen molar-refractivity contribution in [2.45, 2.75) is 25.3 Å². The molecule has 7 heteroatoms. The molecule has 1 fully saturated rings. The van der Waals surface area contributed by atoms with Crippen molar-refractivity contribution in [3.63, 3.8) is 0 Å². The Morgan fingerprint density at radius 3 is 3.09 bits per heavy atom. The standard InChI is InChI=1S/C15H17N3O3S/c19-13(4-3-12-2-1-9-22-12)16-10-14-17-15(18-21-14)11-5-7-20-8-6-11/h1-4,9,11H,5-8,10H2,(H,16,19)/b4-3+. The Hall–Kier alpha value is -1.99. The summed E-state index contributed by atoms with van der Waals surface area (Å²) in [6.07, 6.45) is 5.10. The second kappa shape index (κ2) is 7.33. The Morgan fingerprint density at radius 2 is 2.32 bits per heavy atom. The maximum absolute atomic E-state index is 11.7. The predicted molar refractivity (Wildman–Crippen MR) is 82.3 cm³/mol. The average molecular weight is 319 g/mol. The molecule has 0 spiro atoms. The van der Waals surface area contributed by atoms with Crippen molar-refractivity contribution in [2.24, 2.45) is 0 Å². The zero-order valence-electron chi connectivity index (χ0n) is 12.0. The van der Waals surface area contributed by atoms with Crippen LogP contribution in [0.15, 0.2) is 28.1 Å². The summed E-state index contributed by atoms with van der Waals surface area (Å²) in [6, 6.07) is 3.89. The third-order valence-corrected chi connectivity index (χ3v) is 4.26. The van der Waals surface area contributed by atoms with E-state index in [-0.39, 0.29) is 12.5 Å². The van der Waals surface area contributed by atoms with Gasteiger partial charge in [0.2, 0.25) is 11.8 Å². The molecule has 0 unspecified atom stereocenters. The number of nitrogens with zero attached hydrogens (tertiary/aromatic N) is 2. The molecule has 0 aromatic carbocycles. The molecule has 2 aromatic heterocycles. The molecular formula is C15H17N3O3S. The van der Waals surface area contributed by atoms with Gasteiger partial charge in [0.05, 0.1) is 6.54 Å². The minimum atomic E-state index is -0.181. The van der Waals surface area contributed by atoms with Crippen molar-refractivity contribution < 1.29 is 14.1 Å². The zero-order chi connectivity index (χ0) is 15.2. The number of ether oxygens (including phenoxy) is 1. The molecular weight excluding hydrogens is 302 g/mol. The van der Waals surface area contributed by atoms with E-state index < -0.39 is 0 Å². The van der Waals surface area contributed by atoms with Crippen LogP contribution in [0, 0.1) is 0 Å². The quantitative estimate of drug-likeness (QED) is 0.856. The maximum atomic E-state index is 11.7. The van der Waals surface area contributed by atoms with Gasteiger partial charge in [0.1, 0.15) is 0 Å². The van der Waals surface area contributed by atoms with E-state index in [1.165, 1.54) is 6.08 Å². The van der Waals surface area contributed by atoms with Crippen LogP contribution in [0.5, 0.6) is 0 Å². The van der Waals surface area contributed by atoms with Crippen molar-refractivity contribution in [3.05, 3.63) is 40.2 Å². The summed E-state index contributed by atoms with van der Waals surface area (Å²) in [4.78, 5) is 17.1. The first-order chi connectivity index (χ1) is 10.8. The molecule has 0 aliphatic carbocycles. The molecule has 3 rings (SSSR count). The number of carbonyl (C=O) groups is 1. The smallest absolute Gasteiger partial charge is 0.246 e. The number of hydrogen-bond acceptors (Lipinski definition) is 6. The first kappa shape index (κ1) is 14.9. The highest BCUT2D eigenvalue weighted by molar-refractivity contribution is 7.10. The third-order valence-electron chi connectivity index (χ3n) is 3.43. The molecule has 6 nitrogen and oxygen atoms in total. The van der Waals surface area contributed by atoms with E-state index in [0.717, 1.165) is 30.9 Å². The molecule has 1 amide bonds. The lowest BCUT2D eigenvalue weighted by Crippen LogP contribution is -2.20. The van der Waals surface area contributed by atoms with Crippen LogP contribution in [-0.4, -0.2) is 29.3 Å². The first-order valence-electron chi connectivity index (χ1n) is 7.21. The number of rotatable bonds is 5. The van der Waals surface area contributed by atoms with Gasteiger partial charge in [-0.3, -0.25) is 4.79 Å². The summed E-state index contributed by atoms with van der Waals surface area (Å²) < 4.78 is 10.5. The lowest BCUT2D eigenvalue weighted by molar-refractivity contribution is -0.116. The SMILES string of the molecule is O=C(/C=C/c1cccs1)NCc1nc(C2CCOCC2)no1. The molecule has 0 radical (unpaired) electrons. The lowest BCUT2D eigenvalue weighted by atomic mass is 10.00. The van der Waals surface area contributed by atoms with Crippen LogP contribution in [0.3, 0.4) is 0 Å². The minimum absolute atomic E-state index is 0.181. The molecule has 0 bridgehead atoms. The van der Waals surface area contributed by atoms with Gasteiger partial charge in [0, 0.05) is 30.1 Å². The molecule has 0 saturated carbocycles. The van der Waals surface area contributed by atoms with Crippen LogP contribution >= 0.6 is 11.3 Å². The van der Waals surface area contributed by atoms with E-state index >= 15 is 0 Å². The van der Waals surface area contributed by atoms with Crippen LogP contribution in [-0.2, 0) is 16.1 Å². The Bertz CT molecular complexity index is 630. The second-order valence-corrected chi connectivity index (χ2v) is 5.98. The number of carbonyl (C=O) groups excluding carboxylic acids is 1. The summed E-state index contributed by atoms with van der Waals surface area (Å²) in [5.74, 6) is 1.25. The summed E-state index contributed by atoms with van der Waals surface area (Å²) >= 11 is 1.58. The molecule has 1 aliphatic heterocycles. The van der Waals surface area contributed by atoms with E-state index in [9.17, 15) is 4.79 Å². The van der Waals surface area contributed by atoms with Crippen LogP contribution < -0.4 is 5.32 Å². The fourth-order valence-corrected chi connectivity index (χ4v) is 2.85. The highest BCUT2D eigenvalue weighted by Crippen LogP contribution is 2.24. The summed E-state index contributed by atoms with van der Waals surface area (Å²) in [5, 5.41) is 8.70. The van der Waals surface area contributed by atoms with Crippen LogP contribution in [0.25, 0.3) is 6.08 Å². The third kappa shape index (κ3) is 4.02. The Labute approximate surface area is 132 Å². The van der Waals surface area contributed by atoms with Crippen molar-refractivity contribution in [1.82, 2.24) is 15.5 Å². The van der Waals surface area contributed by atoms with Gasteiger partial charge in [-0.1, -0.05) is 11.2 Å². The number of amides is 1. The van der Waals surface area contributed by atoms with Gasteiger partial charge < -0.3 is 14.6 Å². The molecule has 2 aromatic rings. The lowest BCUT2D eigenvalue weighted by Gasteiger charge is -2.18. The molecule has 0 atom stereocenters. The van der Waals surface area contributed by atoms with Crippen LogP contribution in [0.4, 0.5) is 0 Å². The Morgan fingerprint density at radius 1 is 1.45 bits per heavy atom. The largest absolute Gasteiger partial charge is 0.381 e. The van der Waals surface area contributed by atoms with E-state index in [1.807, 2.05) is 17.5 Å². The topological polar surface area (TPSA) is 77.2 Å². The van der Waals surface area contributed by atoms with Crippen LogP contribution in [0.1, 0.15) is 35.4 Å². The predicted octanol–water partition coefficient (Wildman–Crippen LogP) is 2.35. The Kier molecular flexibility index (Phi) is 4.97. The molecule has 22 heavy (non-hydrogen) atoms. The zero-order valence-corrected chi connectivity index (χ0v) is 12.8. The number of aromatic nitrogens is 2. The van der Waals surface area contributed by atoms with Gasteiger partial charge in [0.25, 0.3) is 0 Å². The van der Waals surface area contributed by atoms with Gasteiger partial charge >= 0.3 is 0 Å². The highest BCUT2D eigenvalue weighted by atomic mass is 32.1. The van der Waals surface area contributed by atoms with E-state index in [1.54, 1.807) is 17.4 Å². The van der Waals surface area contributed by atoms with Crippen molar-refractivity contribution in [2.75, 3.05) is 13.2 Å². The van der Waals surface area contributed by atoms with Crippen molar-refractivity contribution >= 4 is 23.3 Å². The molecule has 1 N–H and O–H groups in total. The molecule has 3 heterocycles. The minimum Gasteiger partial charge on any atom is -0.381 e. The first-order valence-corrected chi connectivity index (χ1v) is 8.09. The Balaban J connectivity index is 1.49. The number of nitrogens with one attached hydrogen (secondary N) is 1. The van der Waals surface area contributed by atoms with Crippen molar-refractivity contribution in [1.29, 1.82) is 0 Å². The summed E-state index contributed by atoms with van der Waals surface area (Å²) in [6.45, 7) is 1.71. The second-order valence-electron chi connectivity index (χ2n) is 5.00. The number of thiophene rings is 1. The van der Waals surface area contributed by atoms with Gasteiger partial charge in [-0.15, -0.1) is 11.3 Å². The van der Waals surface area contributed by atoms with Crippen LogP contribution in [0.2, 0.25) is 0 Å². The van der Waals surface area contributed by atoms with Gasteiger partial charge in [0.15, 0.2) is 5.82 Å². The monoisotopic (exact) mass is 319 g/mol. The van der Waals surface area contributed by atoms with Gasteiger partial charge in [-0.25, -0.2) is 0 Å². The highest BCUT2D eigenvalue weighted by Gasteiger charge is 2.21. The normalized spacial score (nSPS) is 16.2. The maximum Gasteiger partial charge on any atom is 0.246 e. The van der Waals surface area contributed by atoms with Gasteiger partial charge in [-0.05, 0) is 30.4 Å². The average Bonchev–Trinajstić information content (AvgIpc) is 3.23.